The van der Waals surface area contributed by atoms with Gasteiger partial charge in [-0.2, -0.15) is 0 Å². The lowest BCUT2D eigenvalue weighted by Crippen LogP contribution is -2.50. The molecule has 130 valence electrons. The summed E-state index contributed by atoms with van der Waals surface area (Å²) < 4.78 is 0. The van der Waals surface area contributed by atoms with Crippen LogP contribution in [0.25, 0.3) is 0 Å². The second kappa shape index (κ2) is 6.86. The van der Waals surface area contributed by atoms with Gasteiger partial charge in [-0.15, -0.1) is 0 Å². The van der Waals surface area contributed by atoms with Crippen molar-refractivity contribution in [2.45, 2.75) is 57.5 Å². The number of hydrogen-bond donors (Lipinski definition) is 2. The summed E-state index contributed by atoms with van der Waals surface area (Å²) in [4.78, 5) is 39.7. The molecule has 1 spiro atoms. The number of nitrogens with two attached hydrogens (primary N) is 1. The van der Waals surface area contributed by atoms with Gasteiger partial charge in [0.2, 0.25) is 5.91 Å². The number of urea groups is 1. The largest absolute Gasteiger partial charge is 0.340 e. The van der Waals surface area contributed by atoms with Crippen LogP contribution in [0.3, 0.4) is 0 Å². The lowest BCUT2D eigenvalue weighted by molar-refractivity contribution is -0.139. The molecule has 23 heavy (non-hydrogen) atoms. The fourth-order valence-electron chi connectivity index (χ4n) is 3.39. The number of carbonyl (C=O) groups is 3. The van der Waals surface area contributed by atoms with E-state index >= 15 is 0 Å². The van der Waals surface area contributed by atoms with E-state index in [1.165, 1.54) is 4.90 Å². The van der Waals surface area contributed by atoms with Crippen molar-refractivity contribution in [2.24, 2.45) is 11.7 Å². The van der Waals surface area contributed by atoms with Crippen LogP contribution in [0.4, 0.5) is 4.79 Å². The highest BCUT2D eigenvalue weighted by Crippen LogP contribution is 2.37. The predicted molar refractivity (Wildman–Crippen MR) is 86.5 cm³/mol. The van der Waals surface area contributed by atoms with Crippen LogP contribution in [0.2, 0.25) is 0 Å². The lowest BCUT2D eigenvalue weighted by Gasteiger charge is -2.34. The van der Waals surface area contributed by atoms with Crippen LogP contribution >= 0.6 is 0 Å². The van der Waals surface area contributed by atoms with Gasteiger partial charge in [0.25, 0.3) is 5.91 Å². The van der Waals surface area contributed by atoms with E-state index in [-0.39, 0.29) is 24.4 Å². The minimum absolute atomic E-state index is 0.128. The highest BCUT2D eigenvalue weighted by Gasteiger charge is 2.52. The summed E-state index contributed by atoms with van der Waals surface area (Å²) in [6, 6.07) is -0.579. The second-order valence-corrected chi connectivity index (χ2v) is 6.84. The summed E-state index contributed by atoms with van der Waals surface area (Å²) in [6.45, 7) is 4.10. The minimum Gasteiger partial charge on any atom is -0.340 e. The Hall–Kier alpha value is -1.63. The molecule has 3 N–H and O–H groups in total. The van der Waals surface area contributed by atoms with Crippen molar-refractivity contribution in [3.8, 4) is 0 Å². The van der Waals surface area contributed by atoms with Crippen LogP contribution in [0.5, 0.6) is 0 Å². The summed E-state index contributed by atoms with van der Waals surface area (Å²) in [7, 11) is 1.64. The zero-order valence-corrected chi connectivity index (χ0v) is 14.3. The maximum atomic E-state index is 12.7. The third-order valence-electron chi connectivity index (χ3n) is 5.47. The van der Waals surface area contributed by atoms with Crippen LogP contribution in [0.1, 0.15) is 46.0 Å². The van der Waals surface area contributed by atoms with Crippen molar-refractivity contribution < 1.29 is 14.4 Å². The molecule has 1 atom stereocenters. The molecule has 7 heteroatoms. The molecule has 2 rings (SSSR count). The molecule has 0 aromatic heterocycles. The van der Waals surface area contributed by atoms with Crippen molar-refractivity contribution >= 4 is 17.8 Å². The minimum atomic E-state index is -0.791. The summed E-state index contributed by atoms with van der Waals surface area (Å²) in [5, 5.41) is 2.84. The molecule has 0 aromatic rings. The molecule has 1 saturated carbocycles. The third-order valence-corrected chi connectivity index (χ3v) is 5.47. The predicted octanol–water partition coefficient (Wildman–Crippen LogP) is 0.683. The number of rotatable bonds is 5. The van der Waals surface area contributed by atoms with E-state index in [9.17, 15) is 14.4 Å². The molecular weight excluding hydrogens is 296 g/mol. The van der Waals surface area contributed by atoms with Crippen LogP contribution in [0.15, 0.2) is 0 Å². The standard InChI is InChI=1S/C16H28N4O3/c1-4-12-5-7-16(8-6-12)14(22)20(15(23)18-16)10-13(21)19(3)11(2)9-17/h11-12H,4-10,17H2,1-3H3,(H,18,23). The maximum absolute atomic E-state index is 12.7. The number of amides is 4. The average molecular weight is 324 g/mol. The average Bonchev–Trinajstić information content (AvgIpc) is 2.78. The van der Waals surface area contributed by atoms with Crippen molar-refractivity contribution in [3.63, 3.8) is 0 Å². The molecular formula is C16H28N4O3. The fourth-order valence-corrected chi connectivity index (χ4v) is 3.39. The summed E-state index contributed by atoms with van der Waals surface area (Å²) >= 11 is 0. The molecule has 0 aromatic carbocycles. The number of nitrogens with one attached hydrogen (secondary N) is 1. The first-order valence-corrected chi connectivity index (χ1v) is 8.44. The van der Waals surface area contributed by atoms with Gasteiger partial charge in [-0.05, 0) is 38.5 Å². The Bertz CT molecular complexity index is 486. The van der Waals surface area contributed by atoms with E-state index < -0.39 is 11.6 Å². The van der Waals surface area contributed by atoms with E-state index in [2.05, 4.69) is 12.2 Å². The highest BCUT2D eigenvalue weighted by molar-refractivity contribution is 6.09. The summed E-state index contributed by atoms with van der Waals surface area (Å²) in [5.41, 5.74) is 4.77. The van der Waals surface area contributed by atoms with Gasteiger partial charge < -0.3 is 16.0 Å². The van der Waals surface area contributed by atoms with Crippen molar-refractivity contribution in [3.05, 3.63) is 0 Å². The van der Waals surface area contributed by atoms with E-state index in [4.69, 9.17) is 5.73 Å². The quantitative estimate of drug-likeness (QED) is 0.727. The smallest absolute Gasteiger partial charge is 0.325 e. The van der Waals surface area contributed by atoms with Crippen molar-refractivity contribution in [2.75, 3.05) is 20.1 Å². The summed E-state index contributed by atoms with van der Waals surface area (Å²) in [6.07, 6.45) is 4.30. The Balaban J connectivity index is 2.03. The van der Waals surface area contributed by atoms with Gasteiger partial charge in [0, 0.05) is 19.6 Å². The first-order valence-electron chi connectivity index (χ1n) is 8.44. The van der Waals surface area contributed by atoms with Crippen LogP contribution < -0.4 is 11.1 Å². The monoisotopic (exact) mass is 324 g/mol. The number of likely N-dealkylation sites (N-methyl/N-ethyl adjacent to an activating group) is 1. The summed E-state index contributed by atoms with van der Waals surface area (Å²) in [5.74, 6) is 0.0995. The highest BCUT2D eigenvalue weighted by atomic mass is 16.2. The van der Waals surface area contributed by atoms with E-state index in [0.717, 1.165) is 24.2 Å². The van der Waals surface area contributed by atoms with Crippen molar-refractivity contribution in [1.82, 2.24) is 15.1 Å². The van der Waals surface area contributed by atoms with Gasteiger partial charge in [-0.25, -0.2) is 4.79 Å². The topological polar surface area (TPSA) is 95.7 Å². The Labute approximate surface area is 137 Å². The zero-order chi connectivity index (χ0) is 17.2. The number of hydrogen-bond acceptors (Lipinski definition) is 4. The molecule has 1 aliphatic carbocycles. The van der Waals surface area contributed by atoms with Gasteiger partial charge in [0.1, 0.15) is 12.1 Å². The molecule has 2 fully saturated rings. The fraction of sp³-hybridized carbons (Fsp3) is 0.812. The second-order valence-electron chi connectivity index (χ2n) is 6.84. The number of carbonyl (C=O) groups excluding carboxylic acids is 3. The Morgan fingerprint density at radius 1 is 1.43 bits per heavy atom. The molecule has 2 aliphatic rings. The number of imide groups is 1. The lowest BCUT2D eigenvalue weighted by atomic mass is 9.75. The SMILES string of the molecule is CCC1CCC2(CC1)NC(=O)N(CC(=O)N(C)C(C)CN)C2=O. The Morgan fingerprint density at radius 2 is 2.04 bits per heavy atom. The Morgan fingerprint density at radius 3 is 2.57 bits per heavy atom. The normalized spacial score (nSPS) is 28.9. The molecule has 1 heterocycles. The number of nitrogens with zero attached hydrogens (tertiary/aromatic N) is 2. The molecule has 1 unspecified atom stereocenters. The van der Waals surface area contributed by atoms with Crippen LogP contribution in [-0.4, -0.2) is 59.4 Å². The molecule has 0 radical (unpaired) electrons. The third kappa shape index (κ3) is 3.34. The maximum Gasteiger partial charge on any atom is 0.325 e. The van der Waals surface area contributed by atoms with E-state index in [1.807, 2.05) is 6.92 Å². The molecule has 4 amide bonds. The van der Waals surface area contributed by atoms with Gasteiger partial charge in [0.15, 0.2) is 0 Å². The molecule has 1 saturated heterocycles. The van der Waals surface area contributed by atoms with Gasteiger partial charge in [-0.1, -0.05) is 13.3 Å². The van der Waals surface area contributed by atoms with Crippen molar-refractivity contribution in [1.29, 1.82) is 0 Å². The first-order chi connectivity index (χ1) is 10.8. The van der Waals surface area contributed by atoms with E-state index in [0.29, 0.717) is 25.3 Å². The van der Waals surface area contributed by atoms with Gasteiger partial charge in [-0.3, -0.25) is 14.5 Å². The Kier molecular flexibility index (Phi) is 5.29. The molecule has 0 bridgehead atoms. The van der Waals surface area contributed by atoms with Crippen LogP contribution in [0, 0.1) is 5.92 Å². The molecule has 7 nitrogen and oxygen atoms in total. The molecule has 1 aliphatic heterocycles. The first kappa shape index (κ1) is 17.7. The van der Waals surface area contributed by atoms with Gasteiger partial charge >= 0.3 is 6.03 Å². The zero-order valence-electron chi connectivity index (χ0n) is 14.3. The van der Waals surface area contributed by atoms with E-state index in [1.54, 1.807) is 7.05 Å². The van der Waals surface area contributed by atoms with Gasteiger partial charge in [0.05, 0.1) is 0 Å². The van der Waals surface area contributed by atoms with Crippen LogP contribution in [-0.2, 0) is 9.59 Å².